The Bertz CT molecular complexity index is 549. The van der Waals surface area contributed by atoms with E-state index in [4.69, 9.17) is 4.74 Å². The van der Waals surface area contributed by atoms with Crippen LogP contribution in [0.25, 0.3) is 10.8 Å². The summed E-state index contributed by atoms with van der Waals surface area (Å²) in [6.45, 7) is 1.13. The SMILES string of the molecule is COc1ccc([C@@H]2CCCCN2)c2ccccc12.Cl. The van der Waals surface area contributed by atoms with E-state index in [2.05, 4.69) is 41.7 Å². The van der Waals surface area contributed by atoms with Crippen molar-refractivity contribution < 1.29 is 4.74 Å². The molecule has 0 radical (unpaired) electrons. The van der Waals surface area contributed by atoms with Gasteiger partial charge in [0, 0.05) is 11.4 Å². The molecule has 1 aliphatic rings. The first-order chi connectivity index (χ1) is 8.90. The molecule has 2 aromatic carbocycles. The predicted molar refractivity (Wildman–Crippen MR) is 82.3 cm³/mol. The van der Waals surface area contributed by atoms with Gasteiger partial charge in [-0.1, -0.05) is 36.8 Å². The summed E-state index contributed by atoms with van der Waals surface area (Å²) < 4.78 is 5.45. The third-order valence-electron chi connectivity index (χ3n) is 3.82. The zero-order chi connectivity index (χ0) is 12.4. The summed E-state index contributed by atoms with van der Waals surface area (Å²) in [5.41, 5.74) is 1.41. The Morgan fingerprint density at radius 3 is 2.53 bits per heavy atom. The number of hydrogen-bond acceptors (Lipinski definition) is 2. The third kappa shape index (κ3) is 2.70. The van der Waals surface area contributed by atoms with Gasteiger partial charge in [-0.05, 0) is 36.4 Å². The molecule has 0 aromatic heterocycles. The second-order valence-electron chi connectivity index (χ2n) is 4.91. The number of benzene rings is 2. The van der Waals surface area contributed by atoms with Crippen molar-refractivity contribution in [3.63, 3.8) is 0 Å². The summed E-state index contributed by atoms with van der Waals surface area (Å²) in [6.07, 6.45) is 3.85. The van der Waals surface area contributed by atoms with Crippen LogP contribution in [-0.2, 0) is 0 Å². The van der Waals surface area contributed by atoms with Crippen LogP contribution in [0.5, 0.6) is 5.75 Å². The molecular weight excluding hydrogens is 258 g/mol. The van der Waals surface area contributed by atoms with E-state index in [1.165, 1.54) is 35.6 Å². The maximum Gasteiger partial charge on any atom is 0.126 e. The van der Waals surface area contributed by atoms with Gasteiger partial charge in [-0.25, -0.2) is 0 Å². The van der Waals surface area contributed by atoms with Gasteiger partial charge in [0.25, 0.3) is 0 Å². The lowest BCUT2D eigenvalue weighted by Gasteiger charge is -2.25. The van der Waals surface area contributed by atoms with Crippen molar-refractivity contribution in [3.05, 3.63) is 42.0 Å². The highest BCUT2D eigenvalue weighted by atomic mass is 35.5. The summed E-state index contributed by atoms with van der Waals surface area (Å²) in [5, 5.41) is 6.15. The quantitative estimate of drug-likeness (QED) is 0.893. The van der Waals surface area contributed by atoms with Gasteiger partial charge in [0.15, 0.2) is 0 Å². The number of rotatable bonds is 2. The van der Waals surface area contributed by atoms with Gasteiger partial charge in [-0.15, -0.1) is 12.4 Å². The standard InChI is InChI=1S/C16H19NO.ClH/c1-18-16-10-9-13(15-8-4-5-11-17-15)12-6-2-3-7-14(12)16;/h2-3,6-7,9-10,15,17H,4-5,8,11H2,1H3;1H/t15-;/m0./s1. The zero-order valence-electron chi connectivity index (χ0n) is 11.2. The van der Waals surface area contributed by atoms with E-state index in [1.54, 1.807) is 7.11 Å². The fourth-order valence-corrected chi connectivity index (χ4v) is 2.89. The van der Waals surface area contributed by atoms with Crippen molar-refractivity contribution in [1.29, 1.82) is 0 Å². The molecule has 19 heavy (non-hydrogen) atoms. The average Bonchev–Trinajstić information content (AvgIpc) is 2.47. The molecule has 3 rings (SSSR count). The van der Waals surface area contributed by atoms with E-state index in [0.29, 0.717) is 6.04 Å². The lowest BCUT2D eigenvalue weighted by atomic mass is 9.93. The lowest BCUT2D eigenvalue weighted by molar-refractivity contribution is 0.410. The number of ether oxygens (including phenoxy) is 1. The summed E-state index contributed by atoms with van der Waals surface area (Å²) in [6, 6.07) is 13.3. The maximum absolute atomic E-state index is 5.45. The van der Waals surface area contributed by atoms with Gasteiger partial charge >= 0.3 is 0 Å². The Morgan fingerprint density at radius 2 is 1.84 bits per heavy atom. The van der Waals surface area contributed by atoms with Crippen LogP contribution in [0.3, 0.4) is 0 Å². The number of methoxy groups -OCH3 is 1. The van der Waals surface area contributed by atoms with Gasteiger partial charge in [-0.2, -0.15) is 0 Å². The lowest BCUT2D eigenvalue weighted by Crippen LogP contribution is -2.26. The molecule has 1 N–H and O–H groups in total. The summed E-state index contributed by atoms with van der Waals surface area (Å²) in [7, 11) is 1.74. The normalized spacial score (nSPS) is 18.9. The van der Waals surface area contributed by atoms with E-state index < -0.39 is 0 Å². The van der Waals surface area contributed by atoms with Gasteiger partial charge in [0.2, 0.25) is 0 Å². The van der Waals surface area contributed by atoms with Gasteiger partial charge < -0.3 is 10.1 Å². The summed E-state index contributed by atoms with van der Waals surface area (Å²) in [5.74, 6) is 0.963. The molecule has 0 unspecified atom stereocenters. The number of fused-ring (bicyclic) bond motifs is 1. The van der Waals surface area contributed by atoms with Crippen LogP contribution in [0.2, 0.25) is 0 Å². The molecule has 2 aromatic rings. The molecule has 1 atom stereocenters. The van der Waals surface area contributed by atoms with Crippen LogP contribution in [0, 0.1) is 0 Å². The monoisotopic (exact) mass is 277 g/mol. The molecule has 1 aliphatic heterocycles. The third-order valence-corrected chi connectivity index (χ3v) is 3.82. The van der Waals surface area contributed by atoms with E-state index in [1.807, 2.05) is 0 Å². The van der Waals surface area contributed by atoms with Crippen molar-refractivity contribution in [1.82, 2.24) is 5.32 Å². The molecule has 1 fully saturated rings. The molecule has 0 amide bonds. The molecule has 0 aliphatic carbocycles. The highest BCUT2D eigenvalue weighted by Crippen LogP contribution is 2.34. The molecule has 3 heteroatoms. The smallest absolute Gasteiger partial charge is 0.126 e. The van der Waals surface area contributed by atoms with Crippen molar-refractivity contribution >= 4 is 23.2 Å². The molecule has 2 nitrogen and oxygen atoms in total. The molecule has 0 bridgehead atoms. The summed E-state index contributed by atoms with van der Waals surface area (Å²) >= 11 is 0. The molecule has 1 heterocycles. The predicted octanol–water partition coefficient (Wildman–Crippen LogP) is 4.08. The molecule has 0 saturated carbocycles. The number of halogens is 1. The van der Waals surface area contributed by atoms with Gasteiger partial charge in [0.1, 0.15) is 5.75 Å². The largest absolute Gasteiger partial charge is 0.496 e. The minimum atomic E-state index is 0. The fraction of sp³-hybridized carbons (Fsp3) is 0.375. The minimum absolute atomic E-state index is 0. The van der Waals surface area contributed by atoms with Crippen LogP contribution in [0.4, 0.5) is 0 Å². The first-order valence-corrected chi connectivity index (χ1v) is 6.69. The van der Waals surface area contributed by atoms with E-state index in [0.717, 1.165) is 12.3 Å². The highest BCUT2D eigenvalue weighted by molar-refractivity contribution is 5.91. The van der Waals surface area contributed by atoms with Crippen LogP contribution >= 0.6 is 12.4 Å². The molecule has 1 saturated heterocycles. The molecular formula is C16H20ClNO. The van der Waals surface area contributed by atoms with Crippen molar-refractivity contribution in [2.75, 3.05) is 13.7 Å². The fourth-order valence-electron chi connectivity index (χ4n) is 2.89. The summed E-state index contributed by atoms with van der Waals surface area (Å²) in [4.78, 5) is 0. The first-order valence-electron chi connectivity index (χ1n) is 6.69. The van der Waals surface area contributed by atoms with Crippen molar-refractivity contribution in [2.45, 2.75) is 25.3 Å². The average molecular weight is 278 g/mol. The first kappa shape index (κ1) is 14.2. The minimum Gasteiger partial charge on any atom is -0.496 e. The molecule has 0 spiro atoms. The van der Waals surface area contributed by atoms with Crippen molar-refractivity contribution in [3.8, 4) is 5.75 Å². The maximum atomic E-state index is 5.45. The number of hydrogen-bond donors (Lipinski definition) is 1. The van der Waals surface area contributed by atoms with Crippen LogP contribution < -0.4 is 10.1 Å². The highest BCUT2D eigenvalue weighted by Gasteiger charge is 2.17. The zero-order valence-corrected chi connectivity index (χ0v) is 12.0. The molecule has 102 valence electrons. The van der Waals surface area contributed by atoms with Crippen LogP contribution in [0.15, 0.2) is 36.4 Å². The Kier molecular flexibility index (Phi) is 4.67. The van der Waals surface area contributed by atoms with Crippen LogP contribution in [-0.4, -0.2) is 13.7 Å². The van der Waals surface area contributed by atoms with Gasteiger partial charge in [0.05, 0.1) is 7.11 Å². The van der Waals surface area contributed by atoms with Gasteiger partial charge in [-0.3, -0.25) is 0 Å². The van der Waals surface area contributed by atoms with E-state index in [9.17, 15) is 0 Å². The Labute approximate surface area is 120 Å². The van der Waals surface area contributed by atoms with E-state index >= 15 is 0 Å². The Balaban J connectivity index is 0.00000133. The van der Waals surface area contributed by atoms with E-state index in [-0.39, 0.29) is 12.4 Å². The Hall–Kier alpha value is -1.25. The second-order valence-corrected chi connectivity index (χ2v) is 4.91. The van der Waals surface area contributed by atoms with Crippen LogP contribution in [0.1, 0.15) is 30.9 Å². The number of nitrogens with one attached hydrogen (secondary N) is 1. The van der Waals surface area contributed by atoms with Crippen molar-refractivity contribution in [2.24, 2.45) is 0 Å². The topological polar surface area (TPSA) is 21.3 Å². The Morgan fingerprint density at radius 1 is 1.05 bits per heavy atom. The second kappa shape index (κ2) is 6.27. The number of piperidine rings is 1.